The highest BCUT2D eigenvalue weighted by atomic mass is 35.5. The Morgan fingerprint density at radius 3 is 2.75 bits per heavy atom. The molecule has 2 aromatic rings. The van der Waals surface area contributed by atoms with E-state index in [4.69, 9.17) is 28.9 Å². The molecule has 1 aromatic carbocycles. The van der Waals surface area contributed by atoms with E-state index in [-0.39, 0.29) is 22.2 Å². The number of nitrogen functional groups attached to an aromatic ring is 1. The number of hydrogen-bond acceptors (Lipinski definition) is 4. The van der Waals surface area contributed by atoms with Crippen molar-refractivity contribution in [1.29, 1.82) is 0 Å². The average molecular weight is 332 g/mol. The Hall–Kier alpha value is -1.50. The van der Waals surface area contributed by atoms with E-state index in [9.17, 15) is 9.59 Å². The van der Waals surface area contributed by atoms with Gasteiger partial charge < -0.3 is 15.6 Å². The zero-order valence-corrected chi connectivity index (χ0v) is 12.6. The van der Waals surface area contributed by atoms with Crippen LogP contribution in [0.1, 0.15) is 6.42 Å². The molecule has 0 saturated heterocycles. The number of aromatic nitrogens is 1. The Morgan fingerprint density at radius 1 is 1.40 bits per heavy atom. The van der Waals surface area contributed by atoms with E-state index in [2.05, 4.69) is 5.32 Å². The zero-order valence-electron chi connectivity index (χ0n) is 10.2. The van der Waals surface area contributed by atoms with E-state index in [0.29, 0.717) is 22.9 Å². The van der Waals surface area contributed by atoms with Crippen LogP contribution >= 0.6 is 34.5 Å². The first-order chi connectivity index (χ1) is 9.47. The van der Waals surface area contributed by atoms with Crippen LogP contribution in [-0.4, -0.2) is 10.5 Å². The smallest absolute Gasteiger partial charge is 0.307 e. The van der Waals surface area contributed by atoms with Crippen LogP contribution in [0.5, 0.6) is 0 Å². The third-order valence-corrected chi connectivity index (χ3v) is 3.78. The second kappa shape index (κ2) is 6.30. The van der Waals surface area contributed by atoms with Crippen molar-refractivity contribution in [2.45, 2.75) is 13.0 Å². The topological polar surface area (TPSA) is 77.1 Å². The Labute approximate surface area is 128 Å². The molecule has 0 spiro atoms. The molecule has 1 aromatic heterocycles. The number of rotatable bonds is 4. The number of aryl methyl sites for hydroxylation is 1. The molecule has 2 rings (SSSR count). The maximum Gasteiger partial charge on any atom is 0.307 e. The summed E-state index contributed by atoms with van der Waals surface area (Å²) in [6.45, 7) is 0.305. The minimum Gasteiger partial charge on any atom is -0.397 e. The molecule has 0 aliphatic heterocycles. The lowest BCUT2D eigenvalue weighted by Gasteiger charge is -2.10. The minimum atomic E-state index is -0.279. The van der Waals surface area contributed by atoms with Gasteiger partial charge in [0.15, 0.2) is 0 Å². The van der Waals surface area contributed by atoms with Gasteiger partial charge >= 0.3 is 4.87 Å². The highest BCUT2D eigenvalue weighted by Gasteiger charge is 2.11. The van der Waals surface area contributed by atoms with Crippen LogP contribution in [0.3, 0.4) is 0 Å². The first kappa shape index (κ1) is 14.9. The molecule has 20 heavy (non-hydrogen) atoms. The molecule has 5 nitrogen and oxygen atoms in total. The fraction of sp³-hybridized carbons (Fsp3) is 0.167. The average Bonchev–Trinajstić information content (AvgIpc) is 2.77. The van der Waals surface area contributed by atoms with Gasteiger partial charge in [0, 0.05) is 29.6 Å². The lowest BCUT2D eigenvalue weighted by atomic mass is 10.2. The summed E-state index contributed by atoms with van der Waals surface area (Å²) < 4.78 is 1.47. The molecule has 0 radical (unpaired) electrons. The van der Waals surface area contributed by atoms with Crippen LogP contribution in [-0.2, 0) is 11.3 Å². The molecule has 3 N–H and O–H groups in total. The van der Waals surface area contributed by atoms with Crippen molar-refractivity contribution in [2.75, 3.05) is 11.1 Å². The number of carbonyl (C=O) groups excluding carboxylic acids is 1. The summed E-state index contributed by atoms with van der Waals surface area (Å²) in [6.07, 6.45) is 1.79. The van der Waals surface area contributed by atoms with E-state index in [1.165, 1.54) is 16.7 Å². The van der Waals surface area contributed by atoms with Crippen LogP contribution in [0.2, 0.25) is 10.0 Å². The fourth-order valence-corrected chi connectivity index (χ4v) is 2.77. The van der Waals surface area contributed by atoms with Gasteiger partial charge in [-0.3, -0.25) is 9.59 Å². The van der Waals surface area contributed by atoms with Crippen molar-refractivity contribution < 1.29 is 4.79 Å². The Balaban J connectivity index is 2.02. The molecule has 0 aliphatic rings. The quantitative estimate of drug-likeness (QED) is 0.845. The van der Waals surface area contributed by atoms with Gasteiger partial charge in [0.2, 0.25) is 5.91 Å². The van der Waals surface area contributed by atoms with Crippen molar-refractivity contribution >= 4 is 51.8 Å². The molecule has 106 valence electrons. The first-order valence-electron chi connectivity index (χ1n) is 5.65. The molecule has 1 amide bonds. The Bertz CT molecular complexity index is 673. The molecular formula is C12H11Cl2N3O2S. The highest BCUT2D eigenvalue weighted by Crippen LogP contribution is 2.32. The van der Waals surface area contributed by atoms with Gasteiger partial charge in [0.1, 0.15) is 0 Å². The van der Waals surface area contributed by atoms with Crippen LogP contribution in [0.25, 0.3) is 0 Å². The normalized spacial score (nSPS) is 10.5. The van der Waals surface area contributed by atoms with Gasteiger partial charge in [0.05, 0.1) is 16.4 Å². The predicted octanol–water partition coefficient (Wildman–Crippen LogP) is 2.83. The van der Waals surface area contributed by atoms with E-state index in [1.54, 1.807) is 11.6 Å². The monoisotopic (exact) mass is 331 g/mol. The van der Waals surface area contributed by atoms with E-state index >= 15 is 0 Å². The van der Waals surface area contributed by atoms with Gasteiger partial charge in [0.25, 0.3) is 0 Å². The largest absolute Gasteiger partial charge is 0.397 e. The van der Waals surface area contributed by atoms with Gasteiger partial charge in [-0.1, -0.05) is 34.5 Å². The van der Waals surface area contributed by atoms with E-state index in [0.717, 1.165) is 11.3 Å². The van der Waals surface area contributed by atoms with E-state index in [1.807, 2.05) is 0 Å². The van der Waals surface area contributed by atoms with Crippen molar-refractivity contribution in [3.05, 3.63) is 43.4 Å². The lowest BCUT2D eigenvalue weighted by Crippen LogP contribution is -2.19. The van der Waals surface area contributed by atoms with Gasteiger partial charge in [-0.05, 0) is 12.1 Å². The Kier molecular flexibility index (Phi) is 4.69. The molecule has 0 bridgehead atoms. The van der Waals surface area contributed by atoms with Crippen LogP contribution in [0, 0.1) is 0 Å². The van der Waals surface area contributed by atoms with Crippen molar-refractivity contribution in [1.82, 2.24) is 4.57 Å². The number of nitrogens with zero attached hydrogens (tertiary/aromatic N) is 1. The summed E-state index contributed by atoms with van der Waals surface area (Å²) in [5, 5.41) is 4.97. The van der Waals surface area contributed by atoms with Gasteiger partial charge in [-0.2, -0.15) is 0 Å². The zero-order chi connectivity index (χ0) is 14.7. The first-order valence-corrected chi connectivity index (χ1v) is 7.29. The minimum absolute atomic E-state index is 0.0955. The molecule has 0 atom stereocenters. The highest BCUT2D eigenvalue weighted by molar-refractivity contribution is 7.07. The standard InChI is InChI=1S/C12H11Cl2N3O2S/c13-7-5-8(14)11(9(15)6-7)16-10(18)1-2-17-3-4-20-12(17)19/h3-6H,1-2,15H2,(H,16,18). The molecule has 0 aliphatic carbocycles. The summed E-state index contributed by atoms with van der Waals surface area (Å²) in [5.74, 6) is -0.279. The number of nitrogens with one attached hydrogen (secondary N) is 1. The predicted molar refractivity (Wildman–Crippen MR) is 82.7 cm³/mol. The van der Waals surface area contributed by atoms with Gasteiger partial charge in [-0.15, -0.1) is 0 Å². The third-order valence-electron chi connectivity index (χ3n) is 2.57. The number of nitrogens with two attached hydrogens (primary N) is 1. The summed E-state index contributed by atoms with van der Waals surface area (Å²) >= 11 is 12.8. The number of thiazole rings is 1. The SMILES string of the molecule is Nc1cc(Cl)cc(Cl)c1NC(=O)CCn1ccsc1=O. The van der Waals surface area contributed by atoms with Crippen molar-refractivity contribution in [3.8, 4) is 0 Å². The second-order valence-corrected chi connectivity index (χ2v) is 5.71. The Morgan fingerprint density at radius 2 is 2.15 bits per heavy atom. The lowest BCUT2D eigenvalue weighted by molar-refractivity contribution is -0.116. The van der Waals surface area contributed by atoms with Crippen LogP contribution in [0.15, 0.2) is 28.5 Å². The van der Waals surface area contributed by atoms with E-state index < -0.39 is 0 Å². The molecule has 0 saturated carbocycles. The van der Waals surface area contributed by atoms with Crippen molar-refractivity contribution in [3.63, 3.8) is 0 Å². The molecule has 0 fully saturated rings. The molecular weight excluding hydrogens is 321 g/mol. The second-order valence-electron chi connectivity index (χ2n) is 4.01. The number of anilines is 2. The van der Waals surface area contributed by atoms with Crippen LogP contribution in [0.4, 0.5) is 11.4 Å². The third kappa shape index (κ3) is 3.53. The number of carbonyl (C=O) groups is 1. The summed E-state index contributed by atoms with van der Waals surface area (Å²) in [4.78, 5) is 23.1. The summed E-state index contributed by atoms with van der Waals surface area (Å²) in [5.41, 5.74) is 6.38. The maximum atomic E-state index is 11.8. The number of halogens is 2. The summed E-state index contributed by atoms with van der Waals surface area (Å²) in [7, 11) is 0. The van der Waals surface area contributed by atoms with Crippen LogP contribution < -0.4 is 15.9 Å². The maximum absolute atomic E-state index is 11.8. The number of benzene rings is 1. The van der Waals surface area contributed by atoms with Crippen molar-refractivity contribution in [2.24, 2.45) is 0 Å². The number of amides is 1. The van der Waals surface area contributed by atoms with Gasteiger partial charge in [-0.25, -0.2) is 0 Å². The molecule has 1 heterocycles. The fourth-order valence-electron chi connectivity index (χ4n) is 1.61. The summed E-state index contributed by atoms with van der Waals surface area (Å²) in [6, 6.07) is 3.00. The molecule has 8 heteroatoms. The number of hydrogen-bond donors (Lipinski definition) is 2. The molecule has 0 unspecified atom stereocenters.